The van der Waals surface area contributed by atoms with Crippen molar-refractivity contribution in [2.45, 2.75) is 38.8 Å². The van der Waals surface area contributed by atoms with Crippen molar-refractivity contribution >= 4 is 11.9 Å². The molecule has 2 aromatic heterocycles. The van der Waals surface area contributed by atoms with E-state index in [1.54, 1.807) is 30.9 Å². The molecular weight excluding hydrogens is 354 g/mol. The Labute approximate surface area is 163 Å². The first kappa shape index (κ1) is 18.1. The number of nitrogens with zero attached hydrogens (tertiary/aromatic N) is 6. The summed E-state index contributed by atoms with van der Waals surface area (Å²) in [6, 6.07) is 7.81. The topological polar surface area (TPSA) is 88.8 Å². The highest BCUT2D eigenvalue weighted by molar-refractivity contribution is 5.98. The van der Waals surface area contributed by atoms with Gasteiger partial charge >= 0.3 is 0 Å². The molecule has 1 aromatic carbocycles. The molecule has 3 heterocycles. The number of hydrogen-bond donors (Lipinski definition) is 1. The maximum Gasteiger partial charge on any atom is 0.256 e. The normalized spacial score (nSPS) is 19.4. The fourth-order valence-electron chi connectivity index (χ4n) is 3.55. The van der Waals surface area contributed by atoms with Crippen molar-refractivity contribution in [1.29, 1.82) is 0 Å². The van der Waals surface area contributed by atoms with Crippen LogP contribution in [0.15, 0.2) is 49.1 Å². The first-order valence-electron chi connectivity index (χ1n) is 9.43. The zero-order valence-electron chi connectivity index (χ0n) is 16.0. The Kier molecular flexibility index (Phi) is 5.01. The molecule has 0 bridgehead atoms. The molecule has 4 rings (SSSR count). The number of aryl methyl sites for hydroxylation is 1. The molecule has 144 valence electrons. The molecule has 0 spiro atoms. The molecule has 1 N–H and O–H groups in total. The monoisotopic (exact) mass is 377 g/mol. The van der Waals surface area contributed by atoms with Gasteiger partial charge in [0.2, 0.25) is 5.95 Å². The Morgan fingerprint density at radius 1 is 1.11 bits per heavy atom. The van der Waals surface area contributed by atoms with E-state index in [1.165, 1.54) is 4.80 Å². The third-order valence-electron chi connectivity index (χ3n) is 5.06. The van der Waals surface area contributed by atoms with Crippen LogP contribution in [0.2, 0.25) is 0 Å². The lowest BCUT2D eigenvalue weighted by atomic mass is 9.97. The molecule has 3 aromatic rings. The minimum Gasteiger partial charge on any atom is -0.350 e. The third-order valence-corrected chi connectivity index (χ3v) is 5.06. The van der Waals surface area contributed by atoms with E-state index in [0.29, 0.717) is 23.7 Å². The van der Waals surface area contributed by atoms with Crippen LogP contribution in [0.4, 0.5) is 5.95 Å². The van der Waals surface area contributed by atoms with Crippen LogP contribution in [0.5, 0.6) is 0 Å². The second kappa shape index (κ2) is 7.75. The molecule has 1 saturated heterocycles. The summed E-state index contributed by atoms with van der Waals surface area (Å²) in [6.07, 6.45) is 8.51. The predicted octanol–water partition coefficient (Wildman–Crippen LogP) is 2.47. The van der Waals surface area contributed by atoms with Crippen LogP contribution in [0.1, 0.15) is 35.7 Å². The second-order valence-corrected chi connectivity index (χ2v) is 7.14. The van der Waals surface area contributed by atoms with Crippen molar-refractivity contribution < 1.29 is 4.79 Å². The van der Waals surface area contributed by atoms with Gasteiger partial charge in [-0.1, -0.05) is 11.6 Å². The largest absolute Gasteiger partial charge is 0.350 e. The van der Waals surface area contributed by atoms with E-state index in [0.717, 1.165) is 18.4 Å². The minimum absolute atomic E-state index is 0.0102. The Balaban J connectivity index is 1.59. The summed E-state index contributed by atoms with van der Waals surface area (Å²) < 4.78 is 0. The van der Waals surface area contributed by atoms with E-state index in [1.807, 2.05) is 30.0 Å². The molecule has 1 fully saturated rings. The van der Waals surface area contributed by atoms with Crippen LogP contribution in [0, 0.1) is 6.92 Å². The maximum atomic E-state index is 13.5. The summed E-state index contributed by atoms with van der Waals surface area (Å²) in [5, 5.41) is 11.7. The van der Waals surface area contributed by atoms with Gasteiger partial charge in [-0.2, -0.15) is 15.0 Å². The molecule has 1 aliphatic heterocycles. The van der Waals surface area contributed by atoms with Crippen molar-refractivity contribution in [1.82, 2.24) is 29.9 Å². The van der Waals surface area contributed by atoms with Gasteiger partial charge in [0.15, 0.2) is 0 Å². The van der Waals surface area contributed by atoms with Gasteiger partial charge in [0.1, 0.15) is 0 Å². The second-order valence-electron chi connectivity index (χ2n) is 7.14. The SMILES string of the molecule is Cc1ccc(-n2nccn2)c(C(=O)N2C[C@@H](Nc3ncccn3)CC[C@@H]2C)c1. The lowest BCUT2D eigenvalue weighted by Gasteiger charge is -2.38. The predicted molar refractivity (Wildman–Crippen MR) is 105 cm³/mol. The van der Waals surface area contributed by atoms with Crippen LogP contribution in [0.25, 0.3) is 5.69 Å². The highest BCUT2D eigenvalue weighted by atomic mass is 16.2. The van der Waals surface area contributed by atoms with E-state index >= 15 is 0 Å². The lowest BCUT2D eigenvalue weighted by Crippen LogP contribution is -2.50. The van der Waals surface area contributed by atoms with Crippen molar-refractivity contribution in [3.63, 3.8) is 0 Å². The molecule has 0 unspecified atom stereocenters. The average Bonchev–Trinajstić information content (AvgIpc) is 3.24. The number of hydrogen-bond acceptors (Lipinski definition) is 6. The van der Waals surface area contributed by atoms with Gasteiger partial charge in [0.05, 0.1) is 23.6 Å². The van der Waals surface area contributed by atoms with Crippen molar-refractivity contribution in [2.24, 2.45) is 0 Å². The van der Waals surface area contributed by atoms with Crippen LogP contribution in [-0.4, -0.2) is 54.4 Å². The molecule has 1 aliphatic rings. The van der Waals surface area contributed by atoms with Crippen molar-refractivity contribution in [3.05, 3.63) is 60.2 Å². The summed E-state index contributed by atoms with van der Waals surface area (Å²) >= 11 is 0. The molecule has 28 heavy (non-hydrogen) atoms. The third kappa shape index (κ3) is 3.71. The van der Waals surface area contributed by atoms with Crippen molar-refractivity contribution in [3.8, 4) is 5.69 Å². The number of piperidine rings is 1. The quantitative estimate of drug-likeness (QED) is 0.751. The van der Waals surface area contributed by atoms with Gasteiger partial charge in [-0.25, -0.2) is 9.97 Å². The molecule has 2 atom stereocenters. The van der Waals surface area contributed by atoms with Gasteiger partial charge in [-0.15, -0.1) is 0 Å². The van der Waals surface area contributed by atoms with Gasteiger partial charge in [0.25, 0.3) is 5.91 Å². The number of rotatable bonds is 4. The number of amides is 1. The number of aromatic nitrogens is 5. The van der Waals surface area contributed by atoms with Gasteiger partial charge in [-0.3, -0.25) is 4.79 Å². The summed E-state index contributed by atoms with van der Waals surface area (Å²) in [7, 11) is 0. The Hall–Kier alpha value is -3.29. The summed E-state index contributed by atoms with van der Waals surface area (Å²) in [4.78, 5) is 25.4. The number of carbonyl (C=O) groups excluding carboxylic acids is 1. The van der Waals surface area contributed by atoms with Crippen LogP contribution >= 0.6 is 0 Å². The van der Waals surface area contributed by atoms with E-state index in [9.17, 15) is 4.79 Å². The fraction of sp³-hybridized carbons (Fsp3) is 0.350. The van der Waals surface area contributed by atoms with Crippen LogP contribution in [0.3, 0.4) is 0 Å². The van der Waals surface area contributed by atoms with Crippen LogP contribution in [-0.2, 0) is 0 Å². The summed E-state index contributed by atoms with van der Waals surface area (Å²) in [6.45, 7) is 4.67. The molecule has 8 nitrogen and oxygen atoms in total. The van der Waals surface area contributed by atoms with Gasteiger partial charge < -0.3 is 10.2 Å². The Morgan fingerprint density at radius 2 is 1.86 bits per heavy atom. The fourth-order valence-corrected chi connectivity index (χ4v) is 3.55. The Morgan fingerprint density at radius 3 is 2.61 bits per heavy atom. The first-order valence-corrected chi connectivity index (χ1v) is 9.43. The summed E-state index contributed by atoms with van der Waals surface area (Å²) in [5.74, 6) is 0.579. The summed E-state index contributed by atoms with van der Waals surface area (Å²) in [5.41, 5.74) is 2.32. The minimum atomic E-state index is -0.0102. The number of anilines is 1. The van der Waals surface area contributed by atoms with E-state index in [-0.39, 0.29) is 18.0 Å². The smallest absolute Gasteiger partial charge is 0.256 e. The number of carbonyl (C=O) groups is 1. The number of nitrogens with one attached hydrogen (secondary N) is 1. The zero-order chi connectivity index (χ0) is 19.5. The average molecular weight is 377 g/mol. The molecule has 8 heteroatoms. The van der Waals surface area contributed by atoms with E-state index < -0.39 is 0 Å². The number of benzene rings is 1. The lowest BCUT2D eigenvalue weighted by molar-refractivity contribution is 0.0620. The zero-order valence-corrected chi connectivity index (χ0v) is 16.0. The molecule has 0 aliphatic carbocycles. The van der Waals surface area contributed by atoms with Gasteiger partial charge in [-0.05, 0) is 44.9 Å². The Bertz CT molecular complexity index is 942. The van der Waals surface area contributed by atoms with E-state index in [2.05, 4.69) is 32.4 Å². The van der Waals surface area contributed by atoms with Gasteiger partial charge in [0, 0.05) is 31.0 Å². The van der Waals surface area contributed by atoms with E-state index in [4.69, 9.17) is 0 Å². The molecular formula is C20H23N7O. The first-order chi connectivity index (χ1) is 13.6. The highest BCUT2D eigenvalue weighted by Crippen LogP contribution is 2.24. The highest BCUT2D eigenvalue weighted by Gasteiger charge is 2.31. The number of likely N-dealkylation sites (tertiary alicyclic amines) is 1. The molecule has 1 amide bonds. The maximum absolute atomic E-state index is 13.5. The molecule has 0 radical (unpaired) electrons. The van der Waals surface area contributed by atoms with Crippen molar-refractivity contribution in [2.75, 3.05) is 11.9 Å². The van der Waals surface area contributed by atoms with Crippen LogP contribution < -0.4 is 5.32 Å². The molecule has 0 saturated carbocycles. The standard InChI is InChI=1S/C20H23N7O/c1-14-4-7-18(27-23-10-11-24-27)17(12-14)19(28)26-13-16(6-5-15(26)2)25-20-21-8-3-9-22-20/h3-4,7-12,15-16H,5-6,13H2,1-2H3,(H,21,22,25)/t15-,16-/m0/s1.